The van der Waals surface area contributed by atoms with Crippen molar-refractivity contribution in [1.82, 2.24) is 10.2 Å². The molecule has 20 heavy (non-hydrogen) atoms. The first kappa shape index (κ1) is 17.8. The summed E-state index contributed by atoms with van der Waals surface area (Å²) in [5, 5.41) is 3.44. The minimum atomic E-state index is 0. The maximum absolute atomic E-state index is 12.4. The normalized spacial score (nSPS) is 23.4. The Morgan fingerprint density at radius 1 is 1.15 bits per heavy atom. The second-order valence-corrected chi connectivity index (χ2v) is 6.34. The summed E-state index contributed by atoms with van der Waals surface area (Å²) < 4.78 is 0. The van der Waals surface area contributed by atoms with Crippen molar-refractivity contribution in [2.75, 3.05) is 19.6 Å². The van der Waals surface area contributed by atoms with Crippen molar-refractivity contribution in [1.29, 1.82) is 0 Å². The number of carbonyl (C=O) groups is 1. The van der Waals surface area contributed by atoms with Gasteiger partial charge in [-0.3, -0.25) is 4.79 Å². The lowest BCUT2D eigenvalue weighted by molar-refractivity contribution is -0.132. The van der Waals surface area contributed by atoms with Crippen LogP contribution in [-0.4, -0.2) is 36.5 Å². The van der Waals surface area contributed by atoms with Gasteiger partial charge in [0.25, 0.3) is 0 Å². The van der Waals surface area contributed by atoms with E-state index in [0.29, 0.717) is 18.4 Å². The van der Waals surface area contributed by atoms with Crippen molar-refractivity contribution in [3.8, 4) is 0 Å². The third kappa shape index (κ3) is 5.61. The number of hydrogen-bond acceptors (Lipinski definition) is 2. The lowest BCUT2D eigenvalue weighted by atomic mass is 9.89. The van der Waals surface area contributed by atoms with Gasteiger partial charge in [0.1, 0.15) is 0 Å². The zero-order valence-electron chi connectivity index (χ0n) is 12.9. The predicted molar refractivity (Wildman–Crippen MR) is 86.3 cm³/mol. The molecule has 1 saturated heterocycles. The Morgan fingerprint density at radius 3 is 2.50 bits per heavy atom. The molecule has 0 bridgehead atoms. The van der Waals surface area contributed by atoms with Crippen LogP contribution in [0.2, 0.25) is 0 Å². The second-order valence-electron chi connectivity index (χ2n) is 6.34. The quantitative estimate of drug-likeness (QED) is 0.816. The van der Waals surface area contributed by atoms with E-state index in [1.54, 1.807) is 0 Å². The number of nitrogens with one attached hydrogen (secondary N) is 1. The fourth-order valence-electron chi connectivity index (χ4n) is 3.54. The van der Waals surface area contributed by atoms with E-state index in [1.165, 1.54) is 44.9 Å². The molecule has 3 nitrogen and oxygen atoms in total. The van der Waals surface area contributed by atoms with Gasteiger partial charge in [-0.2, -0.15) is 0 Å². The molecule has 1 unspecified atom stereocenters. The summed E-state index contributed by atoms with van der Waals surface area (Å²) in [6.07, 6.45) is 11.0. The van der Waals surface area contributed by atoms with Gasteiger partial charge in [0.05, 0.1) is 0 Å². The van der Waals surface area contributed by atoms with Crippen molar-refractivity contribution in [3.63, 3.8) is 0 Å². The van der Waals surface area contributed by atoms with E-state index in [2.05, 4.69) is 17.1 Å². The number of amides is 1. The molecule has 1 atom stereocenters. The molecule has 1 saturated carbocycles. The molecule has 2 fully saturated rings. The minimum Gasteiger partial charge on any atom is -0.342 e. The standard InChI is InChI=1S/C16H30N2O.ClH/c1-2-11-18(13-14-7-4-3-5-8-14)16(19)12-15-9-6-10-17-15;/h14-15,17H,2-13H2,1H3;1H. The zero-order valence-corrected chi connectivity index (χ0v) is 13.7. The smallest absolute Gasteiger partial charge is 0.224 e. The first-order chi connectivity index (χ1) is 9.29. The van der Waals surface area contributed by atoms with Crippen molar-refractivity contribution < 1.29 is 4.79 Å². The summed E-state index contributed by atoms with van der Waals surface area (Å²) in [6, 6.07) is 0.443. The Hall–Kier alpha value is -0.280. The molecule has 1 aliphatic carbocycles. The molecule has 0 radical (unpaired) electrons. The summed E-state index contributed by atoms with van der Waals surface area (Å²) >= 11 is 0. The number of carbonyl (C=O) groups excluding carboxylic acids is 1. The largest absolute Gasteiger partial charge is 0.342 e. The van der Waals surface area contributed by atoms with E-state index >= 15 is 0 Å². The van der Waals surface area contributed by atoms with Crippen LogP contribution in [0, 0.1) is 5.92 Å². The van der Waals surface area contributed by atoms with Crippen molar-refractivity contribution in [2.24, 2.45) is 5.92 Å². The summed E-state index contributed by atoms with van der Waals surface area (Å²) in [5.41, 5.74) is 0. The highest BCUT2D eigenvalue weighted by Gasteiger charge is 2.24. The lowest BCUT2D eigenvalue weighted by Gasteiger charge is -2.30. The van der Waals surface area contributed by atoms with Crippen molar-refractivity contribution in [2.45, 2.75) is 70.8 Å². The van der Waals surface area contributed by atoms with Gasteiger partial charge in [-0.1, -0.05) is 26.2 Å². The number of halogens is 1. The predicted octanol–water partition coefficient (Wildman–Crippen LogP) is 3.37. The van der Waals surface area contributed by atoms with E-state index in [1.807, 2.05) is 0 Å². The van der Waals surface area contributed by atoms with Gasteiger partial charge in [-0.05, 0) is 44.6 Å². The monoisotopic (exact) mass is 302 g/mol. The third-order valence-corrected chi connectivity index (χ3v) is 4.63. The van der Waals surface area contributed by atoms with Crippen molar-refractivity contribution >= 4 is 18.3 Å². The van der Waals surface area contributed by atoms with Gasteiger partial charge in [0, 0.05) is 25.6 Å². The molecular formula is C16H31ClN2O. The maximum Gasteiger partial charge on any atom is 0.224 e. The van der Waals surface area contributed by atoms with Gasteiger partial charge < -0.3 is 10.2 Å². The highest BCUT2D eigenvalue weighted by molar-refractivity contribution is 5.85. The summed E-state index contributed by atoms with van der Waals surface area (Å²) in [5.74, 6) is 1.15. The molecule has 2 aliphatic rings. The van der Waals surface area contributed by atoms with Crippen LogP contribution in [0.4, 0.5) is 0 Å². The molecule has 0 spiro atoms. The highest BCUT2D eigenvalue weighted by atomic mass is 35.5. The van der Waals surface area contributed by atoms with Crippen LogP contribution >= 0.6 is 12.4 Å². The Bertz CT molecular complexity index is 274. The molecule has 1 heterocycles. The molecule has 4 heteroatoms. The van der Waals surface area contributed by atoms with E-state index in [4.69, 9.17) is 0 Å². The molecule has 1 aliphatic heterocycles. The lowest BCUT2D eigenvalue weighted by Crippen LogP contribution is -2.39. The van der Waals surface area contributed by atoms with Gasteiger partial charge in [-0.15, -0.1) is 12.4 Å². The Kier molecular flexibility index (Phi) is 8.55. The van der Waals surface area contributed by atoms with Crippen LogP contribution in [-0.2, 0) is 4.79 Å². The minimum absolute atomic E-state index is 0. The maximum atomic E-state index is 12.4. The van der Waals surface area contributed by atoms with Gasteiger partial charge >= 0.3 is 0 Å². The van der Waals surface area contributed by atoms with E-state index < -0.39 is 0 Å². The van der Waals surface area contributed by atoms with Crippen LogP contribution < -0.4 is 5.32 Å². The van der Waals surface area contributed by atoms with E-state index in [-0.39, 0.29) is 12.4 Å². The van der Waals surface area contributed by atoms with Crippen LogP contribution in [0.1, 0.15) is 64.7 Å². The summed E-state index contributed by atoms with van der Waals surface area (Å²) in [4.78, 5) is 14.6. The SMILES string of the molecule is CCCN(CC1CCCCC1)C(=O)CC1CCCN1.Cl. The molecule has 0 aromatic heterocycles. The van der Waals surface area contributed by atoms with E-state index in [0.717, 1.165) is 32.0 Å². The molecule has 118 valence electrons. The highest BCUT2D eigenvalue weighted by Crippen LogP contribution is 2.25. The summed E-state index contributed by atoms with van der Waals surface area (Å²) in [7, 11) is 0. The molecule has 0 aromatic rings. The molecule has 1 amide bonds. The number of nitrogens with zero attached hydrogens (tertiary/aromatic N) is 1. The van der Waals surface area contributed by atoms with Crippen LogP contribution in [0.25, 0.3) is 0 Å². The molecule has 0 aromatic carbocycles. The fraction of sp³-hybridized carbons (Fsp3) is 0.938. The Balaban J connectivity index is 0.00000200. The first-order valence-electron chi connectivity index (χ1n) is 8.30. The Labute approximate surface area is 130 Å². The van der Waals surface area contributed by atoms with Gasteiger partial charge in [-0.25, -0.2) is 0 Å². The second kappa shape index (κ2) is 9.62. The third-order valence-electron chi connectivity index (χ3n) is 4.63. The summed E-state index contributed by atoms with van der Waals surface area (Å²) in [6.45, 7) is 5.23. The number of rotatable bonds is 6. The van der Waals surface area contributed by atoms with Crippen molar-refractivity contribution in [3.05, 3.63) is 0 Å². The van der Waals surface area contributed by atoms with Crippen LogP contribution in [0.15, 0.2) is 0 Å². The van der Waals surface area contributed by atoms with Gasteiger partial charge in [0.15, 0.2) is 0 Å². The fourth-order valence-corrected chi connectivity index (χ4v) is 3.54. The van der Waals surface area contributed by atoms with E-state index in [9.17, 15) is 4.79 Å². The molecular weight excluding hydrogens is 272 g/mol. The Morgan fingerprint density at radius 2 is 1.90 bits per heavy atom. The van der Waals surface area contributed by atoms with Crippen LogP contribution in [0.3, 0.4) is 0 Å². The number of hydrogen-bond donors (Lipinski definition) is 1. The topological polar surface area (TPSA) is 32.3 Å². The van der Waals surface area contributed by atoms with Gasteiger partial charge in [0.2, 0.25) is 5.91 Å². The molecule has 1 N–H and O–H groups in total. The van der Waals surface area contributed by atoms with Crippen LogP contribution in [0.5, 0.6) is 0 Å². The molecule has 2 rings (SSSR count). The first-order valence-corrected chi connectivity index (χ1v) is 8.30. The average Bonchev–Trinajstić information content (AvgIpc) is 2.92. The zero-order chi connectivity index (χ0) is 13.5. The average molecular weight is 303 g/mol.